The van der Waals surface area contributed by atoms with Crippen LogP contribution in [-0.2, 0) is 25.6 Å². The summed E-state index contributed by atoms with van der Waals surface area (Å²) < 4.78 is 0. The van der Waals surface area contributed by atoms with E-state index in [9.17, 15) is 24.3 Å². The molecule has 0 spiro atoms. The highest BCUT2D eigenvalue weighted by molar-refractivity contribution is 5.94. The van der Waals surface area contributed by atoms with Crippen molar-refractivity contribution in [3.63, 3.8) is 0 Å². The lowest BCUT2D eigenvalue weighted by Crippen LogP contribution is -2.59. The number of nitrogens with zero attached hydrogens (tertiary/aromatic N) is 1. The van der Waals surface area contributed by atoms with Crippen LogP contribution in [0.25, 0.3) is 0 Å². The third-order valence-corrected chi connectivity index (χ3v) is 5.99. The molecular formula is C23H41N7O5. The second-order valence-electron chi connectivity index (χ2n) is 9.17. The third-order valence-electron chi connectivity index (χ3n) is 5.99. The number of imidazole rings is 1. The van der Waals surface area contributed by atoms with E-state index >= 15 is 0 Å². The van der Waals surface area contributed by atoms with Crippen LogP contribution in [0.2, 0.25) is 0 Å². The summed E-state index contributed by atoms with van der Waals surface area (Å²) in [5.74, 6) is -3.26. The van der Waals surface area contributed by atoms with Gasteiger partial charge in [0.1, 0.15) is 18.1 Å². The fourth-order valence-electron chi connectivity index (χ4n) is 3.36. The molecule has 12 heteroatoms. The van der Waals surface area contributed by atoms with E-state index in [-0.39, 0.29) is 24.7 Å². The molecule has 198 valence electrons. The quantitative estimate of drug-likeness (QED) is 0.150. The van der Waals surface area contributed by atoms with Gasteiger partial charge in [-0.15, -0.1) is 0 Å². The number of unbranched alkanes of at least 4 members (excludes halogenated alkanes) is 1. The number of rotatable bonds is 16. The van der Waals surface area contributed by atoms with Crippen LogP contribution in [-0.4, -0.2) is 69.5 Å². The summed E-state index contributed by atoms with van der Waals surface area (Å²) in [6.07, 6.45) is 5.06. The number of nitrogens with one attached hydrogen (secondary N) is 4. The number of aromatic nitrogens is 2. The zero-order valence-corrected chi connectivity index (χ0v) is 21.0. The van der Waals surface area contributed by atoms with Crippen LogP contribution >= 0.6 is 0 Å². The van der Waals surface area contributed by atoms with Gasteiger partial charge in [-0.05, 0) is 37.6 Å². The summed E-state index contributed by atoms with van der Waals surface area (Å²) in [7, 11) is 0. The van der Waals surface area contributed by atoms with Crippen molar-refractivity contribution in [3.05, 3.63) is 18.2 Å². The van der Waals surface area contributed by atoms with E-state index in [4.69, 9.17) is 11.5 Å². The first-order valence-corrected chi connectivity index (χ1v) is 12.1. The molecule has 0 radical (unpaired) electrons. The van der Waals surface area contributed by atoms with E-state index in [0.717, 1.165) is 0 Å². The van der Waals surface area contributed by atoms with Crippen LogP contribution in [0.5, 0.6) is 0 Å². The molecule has 12 nitrogen and oxygen atoms in total. The van der Waals surface area contributed by atoms with Crippen molar-refractivity contribution in [1.82, 2.24) is 25.9 Å². The minimum absolute atomic E-state index is 0.105. The Labute approximate surface area is 206 Å². The van der Waals surface area contributed by atoms with E-state index in [0.29, 0.717) is 31.5 Å². The Bertz CT molecular complexity index is 815. The molecule has 3 amide bonds. The molecule has 5 unspecified atom stereocenters. The minimum Gasteiger partial charge on any atom is -0.480 e. The largest absolute Gasteiger partial charge is 0.480 e. The molecule has 0 saturated heterocycles. The molecule has 9 N–H and O–H groups in total. The first-order valence-electron chi connectivity index (χ1n) is 12.1. The highest BCUT2D eigenvalue weighted by atomic mass is 16.4. The standard InChI is InChI=1S/C23H41N7O5/c1-5-14(4)19(22(33)28-16(23(34)35)8-6-7-9-24)30-20(31)17(10-15-11-26-12-27-15)29-21(32)18(25)13(2)3/h11-14,16-19H,5-10,24-25H2,1-4H3,(H,26,27)(H,28,33)(H,29,32)(H,30,31)(H,34,35). The van der Waals surface area contributed by atoms with Crippen molar-refractivity contribution in [3.8, 4) is 0 Å². The van der Waals surface area contributed by atoms with Crippen molar-refractivity contribution in [1.29, 1.82) is 0 Å². The molecule has 35 heavy (non-hydrogen) atoms. The number of amides is 3. The van der Waals surface area contributed by atoms with E-state index in [1.54, 1.807) is 20.8 Å². The van der Waals surface area contributed by atoms with Crippen LogP contribution in [0.15, 0.2) is 12.5 Å². The normalized spacial score (nSPS) is 15.5. The number of carboxylic acid groups (broad SMARTS) is 1. The maximum Gasteiger partial charge on any atom is 0.326 e. The summed E-state index contributed by atoms with van der Waals surface area (Å²) in [6, 6.07) is -3.93. The number of carboxylic acids is 1. The molecule has 0 fully saturated rings. The maximum absolute atomic E-state index is 13.3. The van der Waals surface area contributed by atoms with Crippen LogP contribution in [0.1, 0.15) is 59.1 Å². The number of hydrogen-bond donors (Lipinski definition) is 7. The van der Waals surface area contributed by atoms with Gasteiger partial charge in [0.05, 0.1) is 12.4 Å². The summed E-state index contributed by atoms with van der Waals surface area (Å²) >= 11 is 0. The molecule has 0 bridgehead atoms. The molecular weight excluding hydrogens is 454 g/mol. The highest BCUT2D eigenvalue weighted by Crippen LogP contribution is 2.11. The predicted octanol–water partition coefficient (Wildman–Crippen LogP) is -0.350. The number of H-pyrrole nitrogens is 1. The SMILES string of the molecule is CCC(C)C(NC(=O)C(Cc1cnc[nH]1)NC(=O)C(N)C(C)C)C(=O)NC(CCCCN)C(=O)O. The number of carbonyl (C=O) groups is 4. The predicted molar refractivity (Wildman–Crippen MR) is 131 cm³/mol. The van der Waals surface area contributed by atoms with E-state index in [2.05, 4.69) is 25.9 Å². The lowest BCUT2D eigenvalue weighted by molar-refractivity contribution is -0.143. The van der Waals surface area contributed by atoms with Crippen LogP contribution < -0.4 is 27.4 Å². The topological polar surface area (TPSA) is 205 Å². The lowest BCUT2D eigenvalue weighted by atomic mass is 9.96. The molecule has 5 atom stereocenters. The first-order chi connectivity index (χ1) is 16.5. The second kappa shape index (κ2) is 15.1. The summed E-state index contributed by atoms with van der Waals surface area (Å²) in [5.41, 5.74) is 12.0. The Hall–Kier alpha value is -2.99. The Morgan fingerprint density at radius 3 is 2.20 bits per heavy atom. The van der Waals surface area contributed by atoms with E-state index in [1.807, 2.05) is 6.92 Å². The van der Waals surface area contributed by atoms with Gasteiger partial charge >= 0.3 is 5.97 Å². The third kappa shape index (κ3) is 10.0. The van der Waals surface area contributed by atoms with E-state index < -0.39 is 47.9 Å². The van der Waals surface area contributed by atoms with Crippen molar-refractivity contribution >= 4 is 23.7 Å². The lowest BCUT2D eigenvalue weighted by Gasteiger charge is -2.28. The Kier molecular flexibility index (Phi) is 13.0. The van der Waals surface area contributed by atoms with Gasteiger partial charge in [0, 0.05) is 18.3 Å². The average molecular weight is 496 g/mol. The van der Waals surface area contributed by atoms with Crippen LogP contribution in [0.3, 0.4) is 0 Å². The Balaban J connectivity index is 3.04. The molecule has 1 heterocycles. The number of nitrogens with two attached hydrogens (primary N) is 2. The van der Waals surface area contributed by atoms with Gasteiger partial charge in [-0.2, -0.15) is 0 Å². The minimum atomic E-state index is -1.16. The molecule has 0 aliphatic rings. The average Bonchev–Trinajstić information content (AvgIpc) is 3.33. The zero-order valence-electron chi connectivity index (χ0n) is 21.0. The number of aliphatic carboxylic acids is 1. The molecule has 0 aliphatic heterocycles. The molecule has 0 aromatic carbocycles. The van der Waals surface area contributed by atoms with Gasteiger partial charge in [-0.1, -0.05) is 34.1 Å². The van der Waals surface area contributed by atoms with Gasteiger partial charge in [0.25, 0.3) is 0 Å². The smallest absolute Gasteiger partial charge is 0.326 e. The molecule has 1 rings (SSSR count). The fourth-order valence-corrected chi connectivity index (χ4v) is 3.36. The monoisotopic (exact) mass is 495 g/mol. The fraction of sp³-hybridized carbons (Fsp3) is 0.696. The summed E-state index contributed by atoms with van der Waals surface area (Å²) in [6.45, 7) is 7.66. The number of hydrogen-bond acceptors (Lipinski definition) is 7. The maximum atomic E-state index is 13.3. The van der Waals surface area contributed by atoms with Crippen molar-refractivity contribution < 1.29 is 24.3 Å². The van der Waals surface area contributed by atoms with Crippen molar-refractivity contribution in [2.75, 3.05) is 6.54 Å². The Morgan fingerprint density at radius 1 is 1.03 bits per heavy atom. The Morgan fingerprint density at radius 2 is 1.69 bits per heavy atom. The number of aromatic amines is 1. The van der Waals surface area contributed by atoms with Crippen LogP contribution in [0, 0.1) is 11.8 Å². The van der Waals surface area contributed by atoms with Gasteiger partial charge < -0.3 is 37.5 Å². The van der Waals surface area contributed by atoms with E-state index in [1.165, 1.54) is 12.5 Å². The number of carbonyl (C=O) groups excluding carboxylic acids is 3. The molecule has 0 saturated carbocycles. The van der Waals surface area contributed by atoms with Gasteiger partial charge in [0.15, 0.2) is 0 Å². The molecule has 0 aliphatic carbocycles. The van der Waals surface area contributed by atoms with Crippen LogP contribution in [0.4, 0.5) is 0 Å². The van der Waals surface area contributed by atoms with Crippen molar-refractivity contribution in [2.24, 2.45) is 23.3 Å². The van der Waals surface area contributed by atoms with Gasteiger partial charge in [-0.25, -0.2) is 9.78 Å². The summed E-state index contributed by atoms with van der Waals surface area (Å²) in [4.78, 5) is 57.4. The van der Waals surface area contributed by atoms with Gasteiger partial charge in [-0.3, -0.25) is 14.4 Å². The first kappa shape index (κ1) is 30.0. The summed E-state index contributed by atoms with van der Waals surface area (Å²) in [5, 5.41) is 17.4. The molecule has 1 aromatic rings. The van der Waals surface area contributed by atoms with Crippen molar-refractivity contribution in [2.45, 2.75) is 84.0 Å². The van der Waals surface area contributed by atoms with Gasteiger partial charge in [0.2, 0.25) is 17.7 Å². The highest BCUT2D eigenvalue weighted by Gasteiger charge is 2.33. The second-order valence-corrected chi connectivity index (χ2v) is 9.17. The zero-order chi connectivity index (χ0) is 26.5. The molecule has 1 aromatic heterocycles.